The van der Waals surface area contributed by atoms with Crippen LogP contribution in [0.1, 0.15) is 32.1 Å². The van der Waals surface area contributed by atoms with E-state index in [2.05, 4.69) is 4.72 Å². The summed E-state index contributed by atoms with van der Waals surface area (Å²) in [5.41, 5.74) is 5.41. The van der Waals surface area contributed by atoms with E-state index in [1.807, 2.05) is 0 Å². The van der Waals surface area contributed by atoms with E-state index in [0.717, 1.165) is 32.1 Å². The predicted molar refractivity (Wildman–Crippen MR) is 58.5 cm³/mol. The highest BCUT2D eigenvalue weighted by molar-refractivity contribution is 7.87. The monoisotopic (exact) mass is 233 g/mol. The van der Waals surface area contributed by atoms with Crippen LogP contribution in [0.5, 0.6) is 0 Å². The molecule has 0 amide bonds. The van der Waals surface area contributed by atoms with Crippen molar-refractivity contribution in [3.05, 3.63) is 0 Å². The lowest BCUT2D eigenvalue weighted by atomic mass is 10.4. The van der Waals surface area contributed by atoms with Crippen LogP contribution in [0.25, 0.3) is 0 Å². The van der Waals surface area contributed by atoms with Gasteiger partial charge in [-0.05, 0) is 38.6 Å². The molecule has 0 aliphatic heterocycles. The van der Waals surface area contributed by atoms with Crippen LogP contribution in [0.3, 0.4) is 0 Å². The second kappa shape index (κ2) is 4.37. The van der Waals surface area contributed by atoms with Crippen LogP contribution in [0, 0.1) is 0 Å². The molecule has 2 aliphatic carbocycles. The van der Waals surface area contributed by atoms with Crippen molar-refractivity contribution in [3.63, 3.8) is 0 Å². The molecule has 0 saturated heterocycles. The van der Waals surface area contributed by atoms with Crippen molar-refractivity contribution in [1.29, 1.82) is 0 Å². The van der Waals surface area contributed by atoms with Crippen molar-refractivity contribution < 1.29 is 8.42 Å². The lowest BCUT2D eigenvalue weighted by Crippen LogP contribution is -2.43. The van der Waals surface area contributed by atoms with Gasteiger partial charge in [0.2, 0.25) is 0 Å². The summed E-state index contributed by atoms with van der Waals surface area (Å²) < 4.78 is 28.2. The Balaban J connectivity index is 1.94. The van der Waals surface area contributed by atoms with E-state index >= 15 is 0 Å². The van der Waals surface area contributed by atoms with Crippen molar-refractivity contribution >= 4 is 10.2 Å². The van der Waals surface area contributed by atoms with E-state index in [-0.39, 0.29) is 12.1 Å². The summed E-state index contributed by atoms with van der Waals surface area (Å²) >= 11 is 0. The van der Waals surface area contributed by atoms with Crippen molar-refractivity contribution in [3.8, 4) is 0 Å². The third kappa shape index (κ3) is 3.14. The Bertz CT molecular complexity index is 309. The van der Waals surface area contributed by atoms with Gasteiger partial charge in [-0.3, -0.25) is 0 Å². The maximum Gasteiger partial charge on any atom is 0.279 e. The second-order valence-corrected chi connectivity index (χ2v) is 6.04. The number of nitrogens with two attached hydrogens (primary N) is 1. The molecule has 0 heterocycles. The van der Waals surface area contributed by atoms with Crippen molar-refractivity contribution in [2.75, 3.05) is 13.1 Å². The normalized spacial score (nSPS) is 22.3. The molecule has 3 N–H and O–H groups in total. The average Bonchev–Trinajstić information content (AvgIpc) is 2.96. The molecule has 0 radical (unpaired) electrons. The van der Waals surface area contributed by atoms with E-state index in [0.29, 0.717) is 13.1 Å². The Morgan fingerprint density at radius 3 is 2.40 bits per heavy atom. The maximum atomic E-state index is 11.9. The highest BCUT2D eigenvalue weighted by Gasteiger charge is 2.39. The van der Waals surface area contributed by atoms with E-state index in [9.17, 15) is 8.42 Å². The number of nitrogens with zero attached hydrogens (tertiary/aromatic N) is 1. The van der Waals surface area contributed by atoms with Gasteiger partial charge in [0.15, 0.2) is 0 Å². The lowest BCUT2D eigenvalue weighted by Gasteiger charge is -2.21. The zero-order valence-electron chi connectivity index (χ0n) is 8.85. The van der Waals surface area contributed by atoms with Crippen LogP contribution in [-0.2, 0) is 10.2 Å². The highest BCUT2D eigenvalue weighted by Crippen LogP contribution is 2.30. The smallest absolute Gasteiger partial charge is 0.279 e. The quantitative estimate of drug-likeness (QED) is 0.639. The summed E-state index contributed by atoms with van der Waals surface area (Å²) in [7, 11) is -3.24. The summed E-state index contributed by atoms with van der Waals surface area (Å²) in [5, 5.41) is 0. The van der Waals surface area contributed by atoms with Gasteiger partial charge in [-0.1, -0.05) is 0 Å². The molecular weight excluding hydrogens is 214 g/mol. The fourth-order valence-corrected chi connectivity index (χ4v) is 3.35. The van der Waals surface area contributed by atoms with Crippen molar-refractivity contribution in [2.45, 2.75) is 44.2 Å². The molecule has 6 heteroatoms. The molecule has 2 rings (SSSR count). The molecular formula is C9H19N3O2S. The molecule has 0 aromatic heterocycles. The zero-order valence-corrected chi connectivity index (χ0v) is 9.67. The number of hydrogen-bond donors (Lipinski definition) is 2. The van der Waals surface area contributed by atoms with Crippen molar-refractivity contribution in [1.82, 2.24) is 9.03 Å². The molecule has 0 unspecified atom stereocenters. The second-order valence-electron chi connectivity index (χ2n) is 4.38. The summed E-state index contributed by atoms with van der Waals surface area (Å²) in [6.45, 7) is 1.10. The fraction of sp³-hybridized carbons (Fsp3) is 1.00. The fourth-order valence-electron chi connectivity index (χ4n) is 1.59. The first-order valence-corrected chi connectivity index (χ1v) is 7.06. The third-order valence-electron chi connectivity index (χ3n) is 2.74. The van der Waals surface area contributed by atoms with Gasteiger partial charge in [-0.25, -0.2) is 0 Å². The largest absolute Gasteiger partial charge is 0.330 e. The SMILES string of the molecule is NCCCN(C1CC1)S(=O)(=O)NC1CC1. The van der Waals surface area contributed by atoms with Crippen LogP contribution in [0.2, 0.25) is 0 Å². The van der Waals surface area contributed by atoms with E-state index in [1.165, 1.54) is 0 Å². The van der Waals surface area contributed by atoms with Gasteiger partial charge < -0.3 is 5.73 Å². The van der Waals surface area contributed by atoms with Gasteiger partial charge in [-0.15, -0.1) is 0 Å². The maximum absolute atomic E-state index is 11.9. The van der Waals surface area contributed by atoms with Crippen molar-refractivity contribution in [2.24, 2.45) is 5.73 Å². The van der Waals surface area contributed by atoms with E-state index < -0.39 is 10.2 Å². The van der Waals surface area contributed by atoms with Gasteiger partial charge >= 0.3 is 0 Å². The highest BCUT2D eigenvalue weighted by atomic mass is 32.2. The van der Waals surface area contributed by atoms with Crippen LogP contribution in [0.15, 0.2) is 0 Å². The Morgan fingerprint density at radius 1 is 1.27 bits per heavy atom. The molecule has 0 aromatic carbocycles. The topological polar surface area (TPSA) is 75.4 Å². The number of hydrogen-bond acceptors (Lipinski definition) is 3. The molecule has 0 spiro atoms. The molecule has 2 saturated carbocycles. The molecule has 2 fully saturated rings. The minimum atomic E-state index is -3.24. The van der Waals surface area contributed by atoms with Crippen LogP contribution >= 0.6 is 0 Å². The van der Waals surface area contributed by atoms with E-state index in [4.69, 9.17) is 5.73 Å². The summed E-state index contributed by atoms with van der Waals surface area (Å²) in [6.07, 6.45) is 4.69. The molecule has 88 valence electrons. The first-order chi connectivity index (χ1) is 7.13. The Morgan fingerprint density at radius 2 is 1.93 bits per heavy atom. The lowest BCUT2D eigenvalue weighted by molar-refractivity contribution is 0.391. The first kappa shape index (κ1) is 11.3. The minimum absolute atomic E-state index is 0.189. The summed E-state index contributed by atoms with van der Waals surface area (Å²) in [5.74, 6) is 0. The van der Waals surface area contributed by atoms with Gasteiger partial charge in [0.1, 0.15) is 0 Å². The van der Waals surface area contributed by atoms with Crippen LogP contribution in [-0.4, -0.2) is 37.9 Å². The molecule has 15 heavy (non-hydrogen) atoms. The minimum Gasteiger partial charge on any atom is -0.330 e. The Kier molecular flexibility index (Phi) is 3.30. The van der Waals surface area contributed by atoms with Gasteiger partial charge in [0, 0.05) is 18.6 Å². The molecule has 0 aromatic rings. The third-order valence-corrected chi connectivity index (χ3v) is 4.47. The first-order valence-electron chi connectivity index (χ1n) is 5.62. The zero-order chi connectivity index (χ0) is 10.9. The Labute approximate surface area is 91.2 Å². The average molecular weight is 233 g/mol. The summed E-state index contributed by atoms with van der Waals surface area (Å²) in [4.78, 5) is 0. The molecule has 0 atom stereocenters. The standard InChI is InChI=1S/C9H19N3O2S/c10-6-1-7-12(9-4-5-9)15(13,14)11-8-2-3-8/h8-9,11H,1-7,10H2. The van der Waals surface area contributed by atoms with Gasteiger partial charge in [0.05, 0.1) is 0 Å². The number of rotatable bonds is 7. The van der Waals surface area contributed by atoms with Gasteiger partial charge in [-0.2, -0.15) is 17.4 Å². The molecule has 5 nitrogen and oxygen atoms in total. The van der Waals surface area contributed by atoms with E-state index in [1.54, 1.807) is 4.31 Å². The Hall–Kier alpha value is -0.170. The predicted octanol–water partition coefficient (Wildman–Crippen LogP) is -0.204. The summed E-state index contributed by atoms with van der Waals surface area (Å²) in [6, 6.07) is 0.418. The number of nitrogens with one attached hydrogen (secondary N) is 1. The van der Waals surface area contributed by atoms with Gasteiger partial charge in [0.25, 0.3) is 10.2 Å². The van der Waals surface area contributed by atoms with Crippen LogP contribution < -0.4 is 10.5 Å². The molecule has 0 bridgehead atoms. The van der Waals surface area contributed by atoms with Crippen LogP contribution in [0.4, 0.5) is 0 Å². The molecule has 2 aliphatic rings.